The van der Waals surface area contributed by atoms with Crippen molar-refractivity contribution in [2.24, 2.45) is 5.92 Å². The number of nitrogens with zero attached hydrogens (tertiary/aromatic N) is 2. The Kier molecular flexibility index (Phi) is 4.58. The van der Waals surface area contributed by atoms with Gasteiger partial charge in [-0.25, -0.2) is 0 Å². The summed E-state index contributed by atoms with van der Waals surface area (Å²) in [6.45, 7) is -1.19. The van der Waals surface area contributed by atoms with Crippen molar-refractivity contribution in [3.05, 3.63) is 12.2 Å². The number of carbonyl (C=O) groups excluding carboxylic acids is 2. The molecule has 0 aromatic carbocycles. The van der Waals surface area contributed by atoms with Crippen LogP contribution in [0.15, 0.2) is 12.2 Å². The summed E-state index contributed by atoms with van der Waals surface area (Å²) in [5.41, 5.74) is 0. The Balaban J connectivity index is 1.90. The zero-order valence-electron chi connectivity index (χ0n) is 11.9. The van der Waals surface area contributed by atoms with Crippen LogP contribution in [0.4, 0.5) is 13.2 Å². The monoisotopic (exact) mass is 304 g/mol. The first-order valence-corrected chi connectivity index (χ1v) is 7.06. The van der Waals surface area contributed by atoms with E-state index in [1.807, 2.05) is 12.2 Å². The predicted octanol–water partition coefficient (Wildman–Crippen LogP) is 1.96. The van der Waals surface area contributed by atoms with E-state index in [0.717, 1.165) is 17.7 Å². The molecule has 0 spiro atoms. The van der Waals surface area contributed by atoms with Crippen molar-refractivity contribution >= 4 is 11.8 Å². The number of likely N-dealkylation sites (N-methyl/N-ethyl adjacent to an activating group) is 1. The summed E-state index contributed by atoms with van der Waals surface area (Å²) >= 11 is 0. The Morgan fingerprint density at radius 3 is 2.71 bits per heavy atom. The van der Waals surface area contributed by atoms with E-state index in [1.165, 1.54) is 11.9 Å². The van der Waals surface area contributed by atoms with Crippen molar-refractivity contribution < 1.29 is 22.8 Å². The molecule has 2 amide bonds. The van der Waals surface area contributed by atoms with E-state index in [4.69, 9.17) is 0 Å². The Labute approximate surface area is 121 Å². The van der Waals surface area contributed by atoms with Gasteiger partial charge in [0.15, 0.2) is 0 Å². The highest BCUT2D eigenvalue weighted by atomic mass is 19.4. The standard InChI is InChI=1S/C14H19F3N2O2/c1-18(12(20)8-10-4-2-3-5-10)11-6-7-19(13(11)21)9-14(15,16)17/h2,4,10-11H,3,5-9H2,1H3. The summed E-state index contributed by atoms with van der Waals surface area (Å²) in [7, 11) is 1.50. The second-order valence-electron chi connectivity index (χ2n) is 5.65. The lowest BCUT2D eigenvalue weighted by Crippen LogP contribution is -2.45. The summed E-state index contributed by atoms with van der Waals surface area (Å²) in [4.78, 5) is 26.2. The largest absolute Gasteiger partial charge is 0.406 e. The fourth-order valence-electron chi connectivity index (χ4n) is 2.86. The molecule has 0 radical (unpaired) electrons. The first-order valence-electron chi connectivity index (χ1n) is 7.06. The van der Waals surface area contributed by atoms with Crippen molar-refractivity contribution in [2.45, 2.75) is 37.9 Å². The molecule has 0 aromatic rings. The highest BCUT2D eigenvalue weighted by Gasteiger charge is 2.41. The van der Waals surface area contributed by atoms with Crippen molar-refractivity contribution in [1.29, 1.82) is 0 Å². The molecule has 0 bridgehead atoms. The lowest BCUT2D eigenvalue weighted by Gasteiger charge is -2.25. The van der Waals surface area contributed by atoms with Gasteiger partial charge >= 0.3 is 6.18 Å². The van der Waals surface area contributed by atoms with Crippen LogP contribution < -0.4 is 0 Å². The lowest BCUT2D eigenvalue weighted by atomic mass is 10.0. The van der Waals surface area contributed by atoms with Crippen LogP contribution in [0.1, 0.15) is 25.7 Å². The second-order valence-corrected chi connectivity index (χ2v) is 5.65. The van der Waals surface area contributed by atoms with E-state index in [0.29, 0.717) is 6.42 Å². The fraction of sp³-hybridized carbons (Fsp3) is 0.714. The number of hydrogen-bond acceptors (Lipinski definition) is 2. The number of amides is 2. The van der Waals surface area contributed by atoms with E-state index in [-0.39, 0.29) is 24.8 Å². The third kappa shape index (κ3) is 3.98. The average molecular weight is 304 g/mol. The lowest BCUT2D eigenvalue weighted by molar-refractivity contribution is -0.159. The molecule has 7 heteroatoms. The summed E-state index contributed by atoms with van der Waals surface area (Å²) in [6, 6.07) is -0.759. The van der Waals surface area contributed by atoms with Gasteiger partial charge in [-0.2, -0.15) is 13.2 Å². The quantitative estimate of drug-likeness (QED) is 0.745. The fourth-order valence-corrected chi connectivity index (χ4v) is 2.86. The molecular formula is C14H19F3N2O2. The van der Waals surface area contributed by atoms with Crippen LogP contribution in [-0.4, -0.2) is 54.0 Å². The highest BCUT2D eigenvalue weighted by molar-refractivity contribution is 5.89. The van der Waals surface area contributed by atoms with Crippen molar-refractivity contribution in [3.8, 4) is 0 Å². The minimum atomic E-state index is -4.40. The molecule has 0 saturated carbocycles. The Hall–Kier alpha value is -1.53. The molecule has 1 heterocycles. The molecular weight excluding hydrogens is 285 g/mol. The minimum absolute atomic E-state index is 0.0456. The van der Waals surface area contributed by atoms with Crippen LogP contribution in [0.5, 0.6) is 0 Å². The molecule has 2 aliphatic rings. The number of allylic oxidation sites excluding steroid dienone is 2. The normalized spacial score (nSPS) is 25.7. The topological polar surface area (TPSA) is 40.6 Å². The van der Waals surface area contributed by atoms with E-state index in [9.17, 15) is 22.8 Å². The van der Waals surface area contributed by atoms with Crippen LogP contribution in [0.3, 0.4) is 0 Å². The molecule has 4 nitrogen and oxygen atoms in total. The van der Waals surface area contributed by atoms with E-state index >= 15 is 0 Å². The predicted molar refractivity (Wildman–Crippen MR) is 70.3 cm³/mol. The van der Waals surface area contributed by atoms with E-state index < -0.39 is 24.7 Å². The second kappa shape index (κ2) is 6.07. The van der Waals surface area contributed by atoms with E-state index in [2.05, 4.69) is 0 Å². The van der Waals surface area contributed by atoms with Gasteiger partial charge in [-0.1, -0.05) is 12.2 Å². The summed E-state index contributed by atoms with van der Waals surface area (Å²) < 4.78 is 37.1. The van der Waals surface area contributed by atoms with Gasteiger partial charge in [0.1, 0.15) is 12.6 Å². The molecule has 0 aromatic heterocycles. The first-order chi connectivity index (χ1) is 9.78. The van der Waals surface area contributed by atoms with Gasteiger partial charge in [0.05, 0.1) is 0 Å². The number of likely N-dealkylation sites (tertiary alicyclic amines) is 1. The van der Waals surface area contributed by atoms with Gasteiger partial charge in [-0.15, -0.1) is 0 Å². The minimum Gasteiger partial charge on any atom is -0.334 e. The average Bonchev–Trinajstić information content (AvgIpc) is 2.98. The summed E-state index contributed by atoms with van der Waals surface area (Å²) in [5.74, 6) is -0.605. The Bertz CT molecular complexity index is 448. The molecule has 1 aliphatic carbocycles. The van der Waals surface area contributed by atoms with Gasteiger partial charge in [0.25, 0.3) is 0 Å². The zero-order valence-corrected chi connectivity index (χ0v) is 11.9. The summed E-state index contributed by atoms with van der Waals surface area (Å²) in [5, 5.41) is 0. The zero-order chi connectivity index (χ0) is 15.6. The van der Waals surface area contributed by atoms with Gasteiger partial charge in [0, 0.05) is 20.0 Å². The van der Waals surface area contributed by atoms with Crippen molar-refractivity contribution in [2.75, 3.05) is 20.1 Å². The molecule has 0 N–H and O–H groups in total. The van der Waals surface area contributed by atoms with Gasteiger partial charge in [-0.05, 0) is 25.2 Å². The third-order valence-corrected chi connectivity index (χ3v) is 4.05. The molecule has 1 saturated heterocycles. The molecule has 118 valence electrons. The maximum absolute atomic E-state index is 12.4. The van der Waals surface area contributed by atoms with E-state index in [1.54, 1.807) is 0 Å². The van der Waals surface area contributed by atoms with Crippen LogP contribution in [0, 0.1) is 5.92 Å². The number of rotatable bonds is 4. The van der Waals surface area contributed by atoms with Gasteiger partial charge in [0.2, 0.25) is 11.8 Å². The maximum atomic E-state index is 12.4. The first kappa shape index (κ1) is 15.9. The SMILES string of the molecule is CN(C(=O)CC1C=CCC1)C1CCN(CC(F)(F)F)C1=O. The maximum Gasteiger partial charge on any atom is 0.406 e. The van der Waals surface area contributed by atoms with Crippen LogP contribution in [-0.2, 0) is 9.59 Å². The number of hydrogen-bond donors (Lipinski definition) is 0. The molecule has 2 unspecified atom stereocenters. The summed E-state index contributed by atoms with van der Waals surface area (Å²) in [6.07, 6.45) is 2.04. The third-order valence-electron chi connectivity index (χ3n) is 4.05. The smallest absolute Gasteiger partial charge is 0.334 e. The molecule has 2 atom stereocenters. The highest BCUT2D eigenvalue weighted by Crippen LogP contribution is 2.25. The molecule has 2 rings (SSSR count). The van der Waals surface area contributed by atoms with Crippen LogP contribution in [0.2, 0.25) is 0 Å². The van der Waals surface area contributed by atoms with Gasteiger partial charge < -0.3 is 9.80 Å². The molecule has 1 aliphatic heterocycles. The molecule has 21 heavy (non-hydrogen) atoms. The Morgan fingerprint density at radius 1 is 1.43 bits per heavy atom. The van der Waals surface area contributed by atoms with Crippen molar-refractivity contribution in [1.82, 2.24) is 9.80 Å². The number of alkyl halides is 3. The Morgan fingerprint density at radius 2 is 2.14 bits per heavy atom. The molecule has 1 fully saturated rings. The van der Waals surface area contributed by atoms with Crippen molar-refractivity contribution in [3.63, 3.8) is 0 Å². The number of halogens is 3. The van der Waals surface area contributed by atoms with Crippen LogP contribution >= 0.6 is 0 Å². The van der Waals surface area contributed by atoms with Gasteiger partial charge in [-0.3, -0.25) is 9.59 Å². The number of carbonyl (C=O) groups is 2. The van der Waals surface area contributed by atoms with Crippen LogP contribution in [0.25, 0.3) is 0 Å².